The van der Waals surface area contributed by atoms with Crippen LogP contribution >= 0.6 is 15.9 Å². The summed E-state index contributed by atoms with van der Waals surface area (Å²) < 4.78 is 13.9. The zero-order chi connectivity index (χ0) is 14.0. The van der Waals surface area contributed by atoms with E-state index in [9.17, 15) is 4.39 Å². The summed E-state index contributed by atoms with van der Waals surface area (Å²) >= 11 is 3.13. The van der Waals surface area contributed by atoms with Gasteiger partial charge < -0.3 is 10.6 Å². The van der Waals surface area contributed by atoms with Crippen molar-refractivity contribution in [1.82, 2.24) is 9.97 Å². The third-order valence-electron chi connectivity index (χ3n) is 2.68. The van der Waals surface area contributed by atoms with E-state index in [1.54, 1.807) is 19.2 Å². The van der Waals surface area contributed by atoms with Crippen LogP contribution in [0.25, 0.3) is 0 Å². The molecule has 0 aliphatic rings. The van der Waals surface area contributed by atoms with Crippen molar-refractivity contribution in [2.75, 3.05) is 17.7 Å². The third kappa shape index (κ3) is 3.01. The molecule has 1 heterocycles. The average Bonchev–Trinajstić information content (AvgIpc) is 2.37. The van der Waals surface area contributed by atoms with Crippen molar-refractivity contribution in [3.8, 4) is 0 Å². The van der Waals surface area contributed by atoms with Crippen LogP contribution in [0.15, 0.2) is 22.7 Å². The van der Waals surface area contributed by atoms with E-state index < -0.39 is 0 Å². The summed E-state index contributed by atoms with van der Waals surface area (Å²) in [7, 11) is 1.80. The molecule has 0 amide bonds. The molecule has 1 aromatic carbocycles. The topological polar surface area (TPSA) is 49.8 Å². The maximum Gasteiger partial charge on any atom is 0.139 e. The van der Waals surface area contributed by atoms with Gasteiger partial charge in [-0.25, -0.2) is 14.4 Å². The molecule has 0 fully saturated rings. The first-order valence-electron chi connectivity index (χ1n) is 5.76. The molecule has 0 atom stereocenters. The molecule has 0 saturated heterocycles. The lowest BCUT2D eigenvalue weighted by Gasteiger charge is -2.12. The molecule has 0 aliphatic carbocycles. The number of aromatic nitrogens is 2. The number of anilines is 3. The summed E-state index contributed by atoms with van der Waals surface area (Å²) in [6, 6.07) is 4.85. The normalized spacial score (nSPS) is 10.4. The van der Waals surface area contributed by atoms with Gasteiger partial charge in [-0.2, -0.15) is 0 Å². The van der Waals surface area contributed by atoms with Crippen molar-refractivity contribution in [1.29, 1.82) is 0 Å². The number of nitrogens with one attached hydrogen (secondary N) is 2. The van der Waals surface area contributed by atoms with Crippen LogP contribution in [-0.4, -0.2) is 17.0 Å². The van der Waals surface area contributed by atoms with Gasteiger partial charge in [0.25, 0.3) is 0 Å². The number of benzene rings is 1. The van der Waals surface area contributed by atoms with Gasteiger partial charge in [-0.3, -0.25) is 0 Å². The van der Waals surface area contributed by atoms with Crippen molar-refractivity contribution in [2.45, 2.75) is 13.8 Å². The lowest BCUT2D eigenvalue weighted by molar-refractivity contribution is 0.622. The summed E-state index contributed by atoms with van der Waals surface area (Å²) in [6.07, 6.45) is 0. The highest BCUT2D eigenvalue weighted by Crippen LogP contribution is 2.25. The standard InChI is InChI=1S/C13H14BrFN4/c1-7-12(16-3)17-8(2)18-13(7)19-9-4-5-10(14)11(15)6-9/h4-6H,1-3H3,(H2,16,17,18,19). The van der Waals surface area contributed by atoms with Crippen molar-refractivity contribution >= 4 is 33.3 Å². The fourth-order valence-electron chi connectivity index (χ4n) is 1.70. The van der Waals surface area contributed by atoms with Gasteiger partial charge in [0.05, 0.1) is 4.47 Å². The van der Waals surface area contributed by atoms with Crippen molar-refractivity contribution in [2.24, 2.45) is 0 Å². The highest BCUT2D eigenvalue weighted by molar-refractivity contribution is 9.10. The van der Waals surface area contributed by atoms with Crippen LogP contribution in [0.5, 0.6) is 0 Å². The molecule has 2 N–H and O–H groups in total. The lowest BCUT2D eigenvalue weighted by atomic mass is 10.2. The summed E-state index contributed by atoms with van der Waals surface area (Å²) in [5, 5.41) is 6.11. The van der Waals surface area contributed by atoms with Crippen molar-refractivity contribution in [3.05, 3.63) is 39.9 Å². The predicted molar refractivity (Wildman–Crippen MR) is 78.4 cm³/mol. The van der Waals surface area contributed by atoms with E-state index in [1.165, 1.54) is 6.07 Å². The minimum atomic E-state index is -0.317. The minimum absolute atomic E-state index is 0.317. The summed E-state index contributed by atoms with van der Waals surface area (Å²) in [5.74, 6) is 1.75. The van der Waals surface area contributed by atoms with E-state index >= 15 is 0 Å². The fourth-order valence-corrected chi connectivity index (χ4v) is 1.95. The number of nitrogens with zero attached hydrogens (tertiary/aromatic N) is 2. The molecule has 6 heteroatoms. The molecule has 0 unspecified atom stereocenters. The van der Waals surface area contributed by atoms with Gasteiger partial charge >= 0.3 is 0 Å². The summed E-state index contributed by atoms with van der Waals surface area (Å²) in [4.78, 5) is 8.61. The Morgan fingerprint density at radius 3 is 2.47 bits per heavy atom. The molecular formula is C13H14BrFN4. The molecule has 19 heavy (non-hydrogen) atoms. The van der Waals surface area contributed by atoms with Gasteiger partial charge in [0.15, 0.2) is 0 Å². The van der Waals surface area contributed by atoms with Gasteiger partial charge in [-0.1, -0.05) is 0 Å². The number of rotatable bonds is 3. The minimum Gasteiger partial charge on any atom is -0.373 e. The first kappa shape index (κ1) is 13.7. The number of aryl methyl sites for hydroxylation is 1. The summed E-state index contributed by atoms with van der Waals surface area (Å²) in [5.41, 5.74) is 1.53. The largest absolute Gasteiger partial charge is 0.373 e. The van der Waals surface area contributed by atoms with Gasteiger partial charge in [0.2, 0.25) is 0 Å². The highest BCUT2D eigenvalue weighted by atomic mass is 79.9. The second kappa shape index (κ2) is 5.52. The van der Waals surface area contributed by atoms with Crippen LogP contribution < -0.4 is 10.6 Å². The lowest BCUT2D eigenvalue weighted by Crippen LogP contribution is -2.05. The maximum absolute atomic E-state index is 13.5. The van der Waals surface area contributed by atoms with E-state index in [-0.39, 0.29) is 5.82 Å². The van der Waals surface area contributed by atoms with Gasteiger partial charge in [-0.15, -0.1) is 0 Å². The average molecular weight is 325 g/mol. The van der Waals surface area contributed by atoms with Crippen LogP contribution in [0.1, 0.15) is 11.4 Å². The van der Waals surface area contributed by atoms with Crippen molar-refractivity contribution < 1.29 is 4.39 Å². The van der Waals surface area contributed by atoms with E-state index in [0.29, 0.717) is 21.8 Å². The Hall–Kier alpha value is -1.69. The first-order chi connectivity index (χ1) is 9.01. The van der Waals surface area contributed by atoms with E-state index in [4.69, 9.17) is 0 Å². The molecular weight excluding hydrogens is 311 g/mol. The molecule has 1 aromatic heterocycles. The Morgan fingerprint density at radius 1 is 1.16 bits per heavy atom. The van der Waals surface area contributed by atoms with Crippen LogP contribution in [0.3, 0.4) is 0 Å². The molecule has 0 radical (unpaired) electrons. The third-order valence-corrected chi connectivity index (χ3v) is 3.32. The number of hydrogen-bond donors (Lipinski definition) is 2. The van der Waals surface area contributed by atoms with Crippen LogP contribution in [-0.2, 0) is 0 Å². The Bertz CT molecular complexity index is 616. The van der Waals surface area contributed by atoms with E-state index in [1.807, 2.05) is 13.8 Å². The second-order valence-corrected chi connectivity index (χ2v) is 4.95. The maximum atomic E-state index is 13.5. The molecule has 0 aliphatic heterocycles. The summed E-state index contributed by atoms with van der Waals surface area (Å²) in [6.45, 7) is 3.72. The smallest absolute Gasteiger partial charge is 0.139 e. The van der Waals surface area contributed by atoms with Crippen LogP contribution in [0.2, 0.25) is 0 Å². The number of hydrogen-bond acceptors (Lipinski definition) is 4. The Balaban J connectivity index is 2.37. The molecule has 4 nitrogen and oxygen atoms in total. The Morgan fingerprint density at radius 2 is 1.84 bits per heavy atom. The predicted octanol–water partition coefficient (Wildman–Crippen LogP) is 3.78. The Kier molecular flexibility index (Phi) is 3.99. The van der Waals surface area contributed by atoms with Crippen LogP contribution in [0, 0.1) is 19.7 Å². The monoisotopic (exact) mass is 324 g/mol. The Labute approximate surface area is 119 Å². The van der Waals surface area contributed by atoms with Gasteiger partial charge in [0, 0.05) is 18.3 Å². The van der Waals surface area contributed by atoms with Gasteiger partial charge in [-0.05, 0) is 48.0 Å². The molecule has 100 valence electrons. The first-order valence-corrected chi connectivity index (χ1v) is 6.55. The quantitative estimate of drug-likeness (QED) is 0.902. The molecule has 0 bridgehead atoms. The highest BCUT2D eigenvalue weighted by Gasteiger charge is 2.09. The zero-order valence-corrected chi connectivity index (χ0v) is 12.5. The molecule has 2 aromatic rings. The molecule has 0 spiro atoms. The second-order valence-electron chi connectivity index (χ2n) is 4.10. The fraction of sp³-hybridized carbons (Fsp3) is 0.231. The van der Waals surface area contributed by atoms with E-state index in [0.717, 1.165) is 11.4 Å². The SMILES string of the molecule is CNc1nc(C)nc(Nc2ccc(Br)c(F)c2)c1C. The number of halogens is 2. The van der Waals surface area contributed by atoms with Crippen molar-refractivity contribution in [3.63, 3.8) is 0 Å². The zero-order valence-electron chi connectivity index (χ0n) is 10.9. The molecule has 2 rings (SSSR count). The van der Waals surface area contributed by atoms with Gasteiger partial charge in [0.1, 0.15) is 23.3 Å². The van der Waals surface area contributed by atoms with Crippen LogP contribution in [0.4, 0.5) is 21.7 Å². The van der Waals surface area contributed by atoms with E-state index in [2.05, 4.69) is 36.5 Å². The molecule has 0 saturated carbocycles.